The lowest BCUT2D eigenvalue weighted by atomic mass is 9.82. The average molecular weight is 398 g/mol. The SMILES string of the molecule is CCCOC(=O)/C=C/c1ccc(C2CCC(OC(=O)CC(F)(F)F)CC2)cc1. The first-order chi connectivity index (χ1) is 13.3. The Labute approximate surface area is 162 Å². The Morgan fingerprint density at radius 3 is 2.32 bits per heavy atom. The molecule has 0 atom stereocenters. The Balaban J connectivity index is 1.80. The summed E-state index contributed by atoms with van der Waals surface area (Å²) in [6.45, 7) is 2.33. The van der Waals surface area contributed by atoms with E-state index in [1.165, 1.54) is 6.08 Å². The highest BCUT2D eigenvalue weighted by Gasteiger charge is 2.34. The molecule has 0 spiro atoms. The van der Waals surface area contributed by atoms with Gasteiger partial charge in [0.25, 0.3) is 0 Å². The van der Waals surface area contributed by atoms with Crippen molar-refractivity contribution in [2.24, 2.45) is 0 Å². The fraction of sp³-hybridized carbons (Fsp3) is 0.524. The molecule has 2 rings (SSSR count). The largest absolute Gasteiger partial charge is 0.463 e. The fourth-order valence-corrected chi connectivity index (χ4v) is 3.20. The van der Waals surface area contributed by atoms with E-state index in [1.807, 2.05) is 31.2 Å². The molecule has 0 heterocycles. The topological polar surface area (TPSA) is 52.6 Å². The fourth-order valence-electron chi connectivity index (χ4n) is 3.20. The minimum atomic E-state index is -4.53. The van der Waals surface area contributed by atoms with Crippen LogP contribution in [0, 0.1) is 0 Å². The summed E-state index contributed by atoms with van der Waals surface area (Å²) in [5, 5.41) is 0. The molecule has 0 bridgehead atoms. The van der Waals surface area contributed by atoms with Crippen LogP contribution in [0.5, 0.6) is 0 Å². The first-order valence-electron chi connectivity index (χ1n) is 9.48. The first-order valence-corrected chi connectivity index (χ1v) is 9.48. The van der Waals surface area contributed by atoms with Gasteiger partial charge in [-0.25, -0.2) is 4.79 Å². The van der Waals surface area contributed by atoms with E-state index >= 15 is 0 Å². The second-order valence-electron chi connectivity index (χ2n) is 6.92. The zero-order valence-electron chi connectivity index (χ0n) is 15.8. The summed E-state index contributed by atoms with van der Waals surface area (Å²) in [5.74, 6) is -1.29. The van der Waals surface area contributed by atoms with Gasteiger partial charge >= 0.3 is 18.1 Å². The minimum Gasteiger partial charge on any atom is -0.463 e. The van der Waals surface area contributed by atoms with Crippen LogP contribution in [0.4, 0.5) is 13.2 Å². The van der Waals surface area contributed by atoms with Crippen molar-refractivity contribution in [1.29, 1.82) is 0 Å². The molecule has 28 heavy (non-hydrogen) atoms. The van der Waals surface area contributed by atoms with Crippen LogP contribution >= 0.6 is 0 Å². The van der Waals surface area contributed by atoms with Crippen molar-refractivity contribution in [1.82, 2.24) is 0 Å². The Kier molecular flexibility index (Phi) is 8.08. The summed E-state index contributed by atoms with van der Waals surface area (Å²) in [4.78, 5) is 22.8. The number of alkyl halides is 3. The summed E-state index contributed by atoms with van der Waals surface area (Å²) >= 11 is 0. The van der Waals surface area contributed by atoms with E-state index in [0.29, 0.717) is 19.4 Å². The van der Waals surface area contributed by atoms with Crippen LogP contribution in [0.15, 0.2) is 30.3 Å². The minimum absolute atomic E-state index is 0.283. The smallest absolute Gasteiger partial charge is 0.399 e. The molecule has 154 valence electrons. The predicted octanol–water partition coefficient (Wildman–Crippen LogP) is 5.17. The van der Waals surface area contributed by atoms with Crippen LogP contribution in [0.1, 0.15) is 62.5 Å². The third-order valence-electron chi connectivity index (χ3n) is 4.59. The standard InChI is InChI=1S/C21H25F3O4/c1-2-13-27-19(25)12-5-15-3-6-16(7-4-15)17-8-10-18(11-9-17)28-20(26)14-21(22,23)24/h3-7,12,17-18H,2,8-11,13-14H2,1H3/b12-5+. The van der Waals surface area contributed by atoms with E-state index in [0.717, 1.165) is 30.4 Å². The van der Waals surface area contributed by atoms with E-state index in [2.05, 4.69) is 0 Å². The highest BCUT2D eigenvalue weighted by molar-refractivity contribution is 5.87. The zero-order chi connectivity index (χ0) is 20.6. The summed E-state index contributed by atoms with van der Waals surface area (Å²) in [7, 11) is 0. The van der Waals surface area contributed by atoms with Crippen molar-refractivity contribution in [3.8, 4) is 0 Å². The van der Waals surface area contributed by atoms with Crippen LogP contribution in [0.25, 0.3) is 6.08 Å². The number of hydrogen-bond donors (Lipinski definition) is 0. The van der Waals surface area contributed by atoms with Gasteiger partial charge in [0.2, 0.25) is 0 Å². The second-order valence-corrected chi connectivity index (χ2v) is 6.92. The van der Waals surface area contributed by atoms with Crippen LogP contribution < -0.4 is 0 Å². The lowest BCUT2D eigenvalue weighted by Crippen LogP contribution is -2.26. The van der Waals surface area contributed by atoms with Gasteiger partial charge in [-0.3, -0.25) is 4.79 Å². The van der Waals surface area contributed by atoms with Gasteiger partial charge in [0.05, 0.1) is 6.61 Å². The molecule has 4 nitrogen and oxygen atoms in total. The van der Waals surface area contributed by atoms with Gasteiger partial charge < -0.3 is 9.47 Å². The number of esters is 2. The number of carbonyl (C=O) groups is 2. The molecule has 1 aliphatic carbocycles. The predicted molar refractivity (Wildman–Crippen MR) is 98.5 cm³/mol. The molecule has 1 fully saturated rings. The second kappa shape index (κ2) is 10.3. The van der Waals surface area contributed by atoms with Crippen LogP contribution in [0.2, 0.25) is 0 Å². The molecular formula is C21H25F3O4. The maximum absolute atomic E-state index is 12.2. The highest BCUT2D eigenvalue weighted by atomic mass is 19.4. The number of rotatable bonds is 7. The molecule has 7 heteroatoms. The number of halogens is 3. The lowest BCUT2D eigenvalue weighted by Gasteiger charge is -2.28. The third-order valence-corrected chi connectivity index (χ3v) is 4.59. The molecule has 1 aromatic rings. The molecule has 1 aromatic carbocycles. The van der Waals surface area contributed by atoms with Gasteiger partial charge in [-0.1, -0.05) is 31.2 Å². The van der Waals surface area contributed by atoms with Crippen LogP contribution in [-0.2, 0) is 19.1 Å². The van der Waals surface area contributed by atoms with Crippen molar-refractivity contribution in [3.05, 3.63) is 41.5 Å². The number of carbonyl (C=O) groups excluding carboxylic acids is 2. The van der Waals surface area contributed by atoms with Crippen molar-refractivity contribution in [2.45, 2.75) is 63.6 Å². The zero-order valence-corrected chi connectivity index (χ0v) is 15.8. The van der Waals surface area contributed by atoms with Crippen LogP contribution in [0.3, 0.4) is 0 Å². The molecule has 1 aliphatic rings. The van der Waals surface area contributed by atoms with Gasteiger partial charge in [0.15, 0.2) is 0 Å². The summed E-state index contributed by atoms with van der Waals surface area (Å²) in [6.07, 6.45) is -0.0290. The van der Waals surface area contributed by atoms with Gasteiger partial charge in [0.1, 0.15) is 12.5 Å². The van der Waals surface area contributed by atoms with Crippen LogP contribution in [-0.4, -0.2) is 30.8 Å². The van der Waals surface area contributed by atoms with Gasteiger partial charge in [-0.05, 0) is 55.2 Å². The van der Waals surface area contributed by atoms with Crippen molar-refractivity contribution in [3.63, 3.8) is 0 Å². The van der Waals surface area contributed by atoms with Gasteiger partial charge in [-0.2, -0.15) is 13.2 Å². The summed E-state index contributed by atoms with van der Waals surface area (Å²) in [5.41, 5.74) is 2.01. The average Bonchev–Trinajstić information content (AvgIpc) is 2.64. The van der Waals surface area contributed by atoms with Gasteiger partial charge in [0, 0.05) is 6.08 Å². The molecule has 0 unspecified atom stereocenters. The normalized spacial score (nSPS) is 20.1. The molecule has 0 amide bonds. The summed E-state index contributed by atoms with van der Waals surface area (Å²) in [6, 6.07) is 7.79. The van der Waals surface area contributed by atoms with E-state index in [4.69, 9.17) is 9.47 Å². The Bertz CT molecular complexity index is 672. The van der Waals surface area contributed by atoms with Gasteiger partial charge in [-0.15, -0.1) is 0 Å². The molecule has 0 radical (unpaired) electrons. The van der Waals surface area contributed by atoms with E-state index in [1.54, 1.807) is 6.08 Å². The Morgan fingerprint density at radius 1 is 1.11 bits per heavy atom. The Hall–Kier alpha value is -2.31. The van der Waals surface area contributed by atoms with E-state index in [9.17, 15) is 22.8 Å². The molecule has 1 saturated carbocycles. The van der Waals surface area contributed by atoms with Crippen molar-refractivity contribution < 1.29 is 32.2 Å². The maximum atomic E-state index is 12.2. The Morgan fingerprint density at radius 2 is 1.75 bits per heavy atom. The quantitative estimate of drug-likeness (QED) is 0.469. The van der Waals surface area contributed by atoms with Crippen molar-refractivity contribution >= 4 is 18.0 Å². The van der Waals surface area contributed by atoms with E-state index < -0.39 is 24.7 Å². The number of hydrogen-bond acceptors (Lipinski definition) is 4. The lowest BCUT2D eigenvalue weighted by molar-refractivity contribution is -0.176. The molecule has 0 N–H and O–H groups in total. The van der Waals surface area contributed by atoms with E-state index in [-0.39, 0.29) is 11.9 Å². The molecule has 0 aliphatic heterocycles. The van der Waals surface area contributed by atoms with Crippen molar-refractivity contribution in [2.75, 3.05) is 6.61 Å². The highest BCUT2D eigenvalue weighted by Crippen LogP contribution is 2.34. The number of ether oxygens (including phenoxy) is 2. The summed E-state index contributed by atoms with van der Waals surface area (Å²) < 4.78 is 46.5. The third kappa shape index (κ3) is 7.74. The maximum Gasteiger partial charge on any atom is 0.399 e. The first kappa shape index (κ1) is 22.0. The number of benzene rings is 1. The molecule has 0 saturated heterocycles. The molecule has 0 aromatic heterocycles. The monoisotopic (exact) mass is 398 g/mol. The molecular weight excluding hydrogens is 373 g/mol.